The van der Waals surface area contributed by atoms with Crippen LogP contribution in [-0.2, 0) is 14.4 Å². The Hall–Kier alpha value is -1.92. The lowest BCUT2D eigenvalue weighted by Gasteiger charge is -2.19. The molecule has 2 aliphatic heterocycles. The van der Waals surface area contributed by atoms with Crippen molar-refractivity contribution in [1.29, 1.82) is 0 Å². The molecule has 0 bridgehead atoms. The van der Waals surface area contributed by atoms with Crippen molar-refractivity contribution in [2.75, 3.05) is 13.1 Å². The predicted molar refractivity (Wildman–Crippen MR) is 63.6 cm³/mol. The van der Waals surface area contributed by atoms with Gasteiger partial charge in [-0.05, 0) is 6.42 Å². The molecule has 2 N–H and O–H groups in total. The molecule has 18 heavy (non-hydrogen) atoms. The molecule has 3 amide bonds. The molecule has 2 rings (SSSR count). The monoisotopic (exact) mass is 252 g/mol. The van der Waals surface area contributed by atoms with Crippen LogP contribution < -0.4 is 10.7 Å². The fraction of sp³-hybridized carbons (Fsp3) is 0.636. The second kappa shape index (κ2) is 5.16. The second-order valence-corrected chi connectivity index (χ2v) is 4.53. The fourth-order valence-corrected chi connectivity index (χ4v) is 2.16. The summed E-state index contributed by atoms with van der Waals surface area (Å²) < 4.78 is 0. The van der Waals surface area contributed by atoms with Crippen LogP contribution >= 0.6 is 0 Å². The maximum absolute atomic E-state index is 12.1. The number of nitrogens with one attached hydrogen (secondary N) is 2. The van der Waals surface area contributed by atoms with Crippen molar-refractivity contribution in [2.45, 2.75) is 32.2 Å². The molecule has 0 aromatic rings. The minimum atomic E-state index is -0.163. The zero-order valence-electron chi connectivity index (χ0n) is 10.2. The fourth-order valence-electron chi connectivity index (χ4n) is 2.16. The number of hydrogen-bond donors (Lipinski definition) is 2. The van der Waals surface area contributed by atoms with Crippen LogP contribution in [0.2, 0.25) is 0 Å². The first kappa shape index (κ1) is 12.5. The average molecular weight is 252 g/mol. The zero-order chi connectivity index (χ0) is 13.1. The van der Waals surface area contributed by atoms with E-state index in [1.807, 2.05) is 0 Å². The van der Waals surface area contributed by atoms with Crippen molar-refractivity contribution >= 4 is 23.4 Å². The van der Waals surface area contributed by atoms with Crippen molar-refractivity contribution in [3.63, 3.8) is 0 Å². The Morgan fingerprint density at radius 3 is 2.83 bits per heavy atom. The lowest BCUT2D eigenvalue weighted by Crippen LogP contribution is -2.41. The first-order valence-electron chi connectivity index (χ1n) is 5.98. The van der Waals surface area contributed by atoms with E-state index in [-0.39, 0.29) is 23.8 Å². The molecular formula is C11H16N4O3. The minimum absolute atomic E-state index is 0.0187. The number of rotatable bonds is 2. The number of carbonyl (C=O) groups excluding carboxylic acids is 3. The van der Waals surface area contributed by atoms with Gasteiger partial charge in [0.2, 0.25) is 11.8 Å². The van der Waals surface area contributed by atoms with E-state index in [0.29, 0.717) is 31.6 Å². The smallest absolute Gasteiger partial charge is 0.270 e. The molecule has 7 heteroatoms. The van der Waals surface area contributed by atoms with Crippen molar-refractivity contribution in [3.05, 3.63) is 0 Å². The first-order chi connectivity index (χ1) is 8.56. The number of hydrogen-bond acceptors (Lipinski definition) is 4. The largest absolute Gasteiger partial charge is 0.352 e. The summed E-state index contributed by atoms with van der Waals surface area (Å²) in [6.07, 6.45) is 1.43. The highest BCUT2D eigenvalue weighted by Crippen LogP contribution is 2.12. The molecule has 0 spiro atoms. The number of nitrogens with zero attached hydrogens (tertiary/aromatic N) is 2. The number of carbonyl (C=O) groups is 3. The summed E-state index contributed by atoms with van der Waals surface area (Å²) in [5, 5.41) is 6.57. The van der Waals surface area contributed by atoms with Crippen molar-refractivity contribution < 1.29 is 14.4 Å². The van der Waals surface area contributed by atoms with E-state index >= 15 is 0 Å². The molecule has 0 aromatic heterocycles. The summed E-state index contributed by atoms with van der Waals surface area (Å²) in [5.41, 5.74) is 2.70. The topological polar surface area (TPSA) is 90.9 Å². The van der Waals surface area contributed by atoms with Gasteiger partial charge in [0.05, 0.1) is 0 Å². The molecule has 1 unspecified atom stereocenters. The van der Waals surface area contributed by atoms with E-state index < -0.39 is 0 Å². The van der Waals surface area contributed by atoms with Gasteiger partial charge in [0.15, 0.2) is 0 Å². The molecule has 7 nitrogen and oxygen atoms in total. The van der Waals surface area contributed by atoms with Crippen LogP contribution in [0.25, 0.3) is 0 Å². The average Bonchev–Trinajstić information content (AvgIpc) is 2.76. The highest BCUT2D eigenvalue weighted by atomic mass is 16.2. The van der Waals surface area contributed by atoms with E-state index in [2.05, 4.69) is 15.8 Å². The van der Waals surface area contributed by atoms with Crippen LogP contribution in [0.4, 0.5) is 0 Å². The highest BCUT2D eigenvalue weighted by Gasteiger charge is 2.30. The Kier molecular flexibility index (Phi) is 3.59. The van der Waals surface area contributed by atoms with Crippen LogP contribution in [-0.4, -0.2) is 47.5 Å². The highest BCUT2D eigenvalue weighted by molar-refractivity contribution is 6.39. The molecule has 1 saturated heterocycles. The Labute approximate surface area is 105 Å². The van der Waals surface area contributed by atoms with Crippen molar-refractivity contribution in [2.24, 2.45) is 5.10 Å². The van der Waals surface area contributed by atoms with Gasteiger partial charge in [0.1, 0.15) is 5.71 Å². The Balaban J connectivity index is 1.91. The van der Waals surface area contributed by atoms with E-state index in [1.54, 1.807) is 4.90 Å². The Morgan fingerprint density at radius 2 is 2.22 bits per heavy atom. The predicted octanol–water partition coefficient (Wildman–Crippen LogP) is -1.01. The maximum Gasteiger partial charge on any atom is 0.270 e. The quantitative estimate of drug-likeness (QED) is 0.659. The van der Waals surface area contributed by atoms with Gasteiger partial charge in [-0.15, -0.1) is 0 Å². The summed E-state index contributed by atoms with van der Waals surface area (Å²) in [5.74, 6) is -0.400. The van der Waals surface area contributed by atoms with Gasteiger partial charge in [-0.1, -0.05) is 0 Å². The van der Waals surface area contributed by atoms with Gasteiger partial charge in [0.25, 0.3) is 5.91 Å². The minimum Gasteiger partial charge on any atom is -0.352 e. The van der Waals surface area contributed by atoms with E-state index in [4.69, 9.17) is 0 Å². The van der Waals surface area contributed by atoms with E-state index in [0.717, 1.165) is 6.42 Å². The third kappa shape index (κ3) is 2.85. The molecule has 1 fully saturated rings. The van der Waals surface area contributed by atoms with Crippen LogP contribution in [0.3, 0.4) is 0 Å². The number of hydrazone groups is 1. The number of amides is 3. The molecule has 0 saturated carbocycles. The lowest BCUT2D eigenvalue weighted by atomic mass is 10.1. The molecule has 98 valence electrons. The van der Waals surface area contributed by atoms with Crippen LogP contribution in [0, 0.1) is 0 Å². The summed E-state index contributed by atoms with van der Waals surface area (Å²) in [4.78, 5) is 35.6. The van der Waals surface area contributed by atoms with Gasteiger partial charge in [0, 0.05) is 38.9 Å². The summed E-state index contributed by atoms with van der Waals surface area (Å²) in [7, 11) is 0. The summed E-state index contributed by atoms with van der Waals surface area (Å²) in [6, 6.07) is 0.0187. The van der Waals surface area contributed by atoms with Crippen molar-refractivity contribution in [1.82, 2.24) is 15.6 Å². The van der Waals surface area contributed by atoms with Gasteiger partial charge >= 0.3 is 0 Å². The molecule has 2 heterocycles. The maximum atomic E-state index is 12.1. The third-order valence-corrected chi connectivity index (χ3v) is 3.03. The van der Waals surface area contributed by atoms with E-state index in [1.165, 1.54) is 6.92 Å². The van der Waals surface area contributed by atoms with Gasteiger partial charge < -0.3 is 10.2 Å². The third-order valence-electron chi connectivity index (χ3n) is 3.03. The van der Waals surface area contributed by atoms with E-state index in [9.17, 15) is 14.4 Å². The van der Waals surface area contributed by atoms with Crippen LogP contribution in [0.15, 0.2) is 5.10 Å². The summed E-state index contributed by atoms with van der Waals surface area (Å²) >= 11 is 0. The zero-order valence-corrected chi connectivity index (χ0v) is 10.2. The van der Waals surface area contributed by atoms with Gasteiger partial charge in [-0.3, -0.25) is 14.4 Å². The molecule has 0 radical (unpaired) electrons. The van der Waals surface area contributed by atoms with Gasteiger partial charge in [-0.2, -0.15) is 5.10 Å². The lowest BCUT2D eigenvalue weighted by molar-refractivity contribution is -0.124. The Bertz CT molecular complexity index is 419. The normalized spacial score (nSPS) is 23.4. The molecule has 1 atom stereocenters. The Morgan fingerprint density at radius 1 is 1.44 bits per heavy atom. The van der Waals surface area contributed by atoms with Crippen LogP contribution in [0.5, 0.6) is 0 Å². The SMILES string of the molecule is CC(=O)NC1CCN(C(=O)C2=NNC(=O)CC2)C1. The van der Waals surface area contributed by atoms with Crippen molar-refractivity contribution in [3.8, 4) is 0 Å². The first-order valence-corrected chi connectivity index (χ1v) is 5.98. The molecule has 0 aromatic carbocycles. The number of likely N-dealkylation sites (tertiary alicyclic amines) is 1. The van der Waals surface area contributed by atoms with Crippen LogP contribution in [0.1, 0.15) is 26.2 Å². The second-order valence-electron chi connectivity index (χ2n) is 4.53. The molecular weight excluding hydrogens is 236 g/mol. The molecule has 2 aliphatic rings. The molecule has 0 aliphatic carbocycles. The standard InChI is InChI=1S/C11H16N4O3/c1-7(16)12-8-4-5-15(6-8)11(18)9-2-3-10(17)14-13-9/h8H,2-6H2,1H3,(H,12,16)(H,14,17). The van der Waals surface area contributed by atoms with Gasteiger partial charge in [-0.25, -0.2) is 5.43 Å². The summed E-state index contributed by atoms with van der Waals surface area (Å²) in [6.45, 7) is 2.58.